The van der Waals surface area contributed by atoms with E-state index >= 15 is 0 Å². The van der Waals surface area contributed by atoms with Gasteiger partial charge in [-0.1, -0.05) is 0 Å². The van der Waals surface area contributed by atoms with Gasteiger partial charge in [0.25, 0.3) is 0 Å². The molecule has 11 heavy (non-hydrogen) atoms. The van der Waals surface area contributed by atoms with Crippen molar-refractivity contribution in [1.29, 1.82) is 0 Å². The summed E-state index contributed by atoms with van der Waals surface area (Å²) in [6.07, 6.45) is -0.551. The Morgan fingerprint density at radius 3 is 2.64 bits per heavy atom. The summed E-state index contributed by atoms with van der Waals surface area (Å²) >= 11 is 0.0115. The van der Waals surface area contributed by atoms with E-state index in [0.717, 1.165) is 0 Å². The standard InChI is InChI=1S/C4H6ClNO5/c6-2(1-3(7)8)4(9)11-5-10/h2H,1,6H2,(H,7,8)/t2-/m0/s1. The molecule has 6 nitrogen and oxygen atoms in total. The van der Waals surface area contributed by atoms with Crippen LogP contribution in [0.25, 0.3) is 0 Å². The first-order valence-electron chi connectivity index (χ1n) is 2.53. The lowest BCUT2D eigenvalue weighted by Crippen LogP contribution is -2.35. The second-order valence-corrected chi connectivity index (χ2v) is 1.94. The molecule has 7 heteroatoms. The molecule has 0 aliphatic heterocycles. The molecule has 0 bridgehead atoms. The Morgan fingerprint density at radius 1 is 1.73 bits per heavy atom. The number of nitrogens with two attached hydrogens (primary N) is 1. The Balaban J connectivity index is 3.73. The summed E-state index contributed by atoms with van der Waals surface area (Å²) in [5, 5.41) is 8.12. The molecule has 0 heterocycles. The Hall–Kier alpha value is -0.850. The zero-order chi connectivity index (χ0) is 8.85. The Morgan fingerprint density at radius 2 is 2.27 bits per heavy atom. The number of halogens is 1. The number of rotatable bonds is 4. The molecule has 0 unspecified atom stereocenters. The average molecular weight is 184 g/mol. The third-order valence-electron chi connectivity index (χ3n) is 0.805. The second kappa shape index (κ2) is 4.89. The lowest BCUT2D eigenvalue weighted by molar-refractivity contribution is -1.26. The SMILES string of the molecule is N[C@@H](CC(=O)O)C(=O)O[Cl+][O-]. The largest absolute Gasteiger partial charge is 0.495 e. The van der Waals surface area contributed by atoms with Gasteiger partial charge in [0.1, 0.15) is 6.04 Å². The molecule has 1 atom stereocenters. The number of carboxylic acids is 1. The summed E-state index contributed by atoms with van der Waals surface area (Å²) in [5.74, 6) is -2.27. The van der Waals surface area contributed by atoms with Crippen LogP contribution in [0.5, 0.6) is 0 Å². The Bertz CT molecular complexity index is 161. The zero-order valence-corrected chi connectivity index (χ0v) is 6.08. The highest BCUT2D eigenvalue weighted by Crippen LogP contribution is 1.91. The predicted octanol–water partition coefficient (Wildman–Crippen LogP) is -2.39. The molecule has 3 N–H and O–H groups in total. The lowest BCUT2D eigenvalue weighted by atomic mass is 10.2. The molecule has 0 aliphatic carbocycles. The van der Waals surface area contributed by atoms with Gasteiger partial charge in [0.05, 0.1) is 6.42 Å². The molecule has 0 rings (SSSR count). The smallest absolute Gasteiger partial charge is 0.396 e. The van der Waals surface area contributed by atoms with E-state index in [9.17, 15) is 14.2 Å². The van der Waals surface area contributed by atoms with Gasteiger partial charge in [0.2, 0.25) is 0 Å². The van der Waals surface area contributed by atoms with E-state index in [-0.39, 0.29) is 11.3 Å². The fourth-order valence-corrected chi connectivity index (χ4v) is 0.536. The molecule has 0 aliphatic rings. The molecule has 0 saturated carbocycles. The van der Waals surface area contributed by atoms with Gasteiger partial charge in [-0.25, -0.2) is 4.79 Å². The number of hydrogen-bond donors (Lipinski definition) is 2. The van der Waals surface area contributed by atoms with Crippen molar-refractivity contribution in [2.45, 2.75) is 12.5 Å². The normalized spacial score (nSPS) is 12.2. The van der Waals surface area contributed by atoms with Crippen molar-refractivity contribution in [3.05, 3.63) is 0 Å². The molecule has 0 aromatic heterocycles. The van der Waals surface area contributed by atoms with Crippen LogP contribution in [0, 0.1) is 11.3 Å². The van der Waals surface area contributed by atoms with Crippen molar-refractivity contribution >= 4 is 11.9 Å². The average Bonchev–Trinajstić information content (AvgIpc) is 1.86. The maximum Gasteiger partial charge on any atom is 0.396 e. The molecule has 64 valence electrons. The Kier molecular flexibility index (Phi) is 4.51. The van der Waals surface area contributed by atoms with Crippen molar-refractivity contribution in [2.75, 3.05) is 0 Å². The van der Waals surface area contributed by atoms with Crippen molar-refractivity contribution in [3.63, 3.8) is 0 Å². The molecule has 0 fully saturated rings. The first kappa shape index (κ1) is 10.2. The molecule has 0 saturated heterocycles. The topological polar surface area (TPSA) is 113 Å². The van der Waals surface area contributed by atoms with Gasteiger partial charge >= 0.3 is 23.3 Å². The summed E-state index contributed by atoms with van der Waals surface area (Å²) in [6.45, 7) is 0. The van der Waals surface area contributed by atoms with Crippen molar-refractivity contribution in [3.8, 4) is 0 Å². The minimum Gasteiger partial charge on any atom is -0.495 e. The van der Waals surface area contributed by atoms with Crippen LogP contribution in [0.15, 0.2) is 0 Å². The van der Waals surface area contributed by atoms with E-state index in [1.807, 2.05) is 0 Å². The third kappa shape index (κ3) is 4.54. The van der Waals surface area contributed by atoms with Crippen molar-refractivity contribution in [2.24, 2.45) is 5.73 Å². The molecular formula is C4H6ClNO5. The van der Waals surface area contributed by atoms with E-state index in [4.69, 9.17) is 10.8 Å². The maximum absolute atomic E-state index is 10.4. The van der Waals surface area contributed by atoms with Crippen LogP contribution >= 0.6 is 0 Å². The fraction of sp³-hybridized carbons (Fsp3) is 0.500. The van der Waals surface area contributed by atoms with Gasteiger partial charge in [-0.05, 0) is 0 Å². The molecule has 0 spiro atoms. The van der Waals surface area contributed by atoms with Gasteiger partial charge in [0.15, 0.2) is 0 Å². The van der Waals surface area contributed by atoms with Crippen LogP contribution in [0.3, 0.4) is 0 Å². The van der Waals surface area contributed by atoms with Gasteiger partial charge in [0, 0.05) is 0 Å². The minimum absolute atomic E-state index is 0.0115. The van der Waals surface area contributed by atoms with E-state index in [0.29, 0.717) is 0 Å². The number of carbonyl (C=O) groups is 2. The lowest BCUT2D eigenvalue weighted by Gasteiger charge is -2.00. The van der Waals surface area contributed by atoms with Crippen LogP contribution in [0.4, 0.5) is 0 Å². The highest BCUT2D eigenvalue weighted by Gasteiger charge is 2.22. The highest BCUT2D eigenvalue weighted by molar-refractivity contribution is 5.81. The second-order valence-electron chi connectivity index (χ2n) is 1.66. The quantitative estimate of drug-likeness (QED) is 0.503. The third-order valence-corrected chi connectivity index (χ3v) is 1.02. The van der Waals surface area contributed by atoms with Gasteiger partial charge < -0.3 is 15.5 Å². The van der Waals surface area contributed by atoms with E-state index in [1.165, 1.54) is 0 Å². The summed E-state index contributed by atoms with van der Waals surface area (Å²) in [4.78, 5) is 20.4. The molecule has 0 aromatic rings. The van der Waals surface area contributed by atoms with E-state index in [2.05, 4.69) is 4.29 Å². The van der Waals surface area contributed by atoms with Gasteiger partial charge in [-0.2, -0.15) is 4.29 Å². The molecule has 0 amide bonds. The summed E-state index contributed by atoms with van der Waals surface area (Å²) in [7, 11) is 0. The zero-order valence-electron chi connectivity index (χ0n) is 5.32. The van der Waals surface area contributed by atoms with Gasteiger partial charge in [-0.3, -0.25) is 4.79 Å². The highest BCUT2D eigenvalue weighted by atomic mass is 35.6. The van der Waals surface area contributed by atoms with Gasteiger partial charge in [-0.15, -0.1) is 0 Å². The van der Waals surface area contributed by atoms with Crippen molar-refractivity contribution < 1.29 is 35.0 Å². The van der Waals surface area contributed by atoms with Crippen LogP contribution in [0.2, 0.25) is 0 Å². The summed E-state index contributed by atoms with van der Waals surface area (Å²) in [6, 6.07) is -1.28. The minimum atomic E-state index is -1.28. The molecule has 0 radical (unpaired) electrons. The van der Waals surface area contributed by atoms with Crippen molar-refractivity contribution in [1.82, 2.24) is 0 Å². The molecule has 0 aromatic carbocycles. The van der Waals surface area contributed by atoms with E-state index < -0.39 is 24.4 Å². The number of aliphatic carboxylic acids is 1. The predicted molar refractivity (Wildman–Crippen MR) is 26.3 cm³/mol. The number of carbonyl (C=O) groups excluding carboxylic acids is 1. The summed E-state index contributed by atoms with van der Waals surface area (Å²) < 4.78 is 13.3. The maximum atomic E-state index is 10.4. The number of hydrogen-bond acceptors (Lipinski definition) is 5. The van der Waals surface area contributed by atoms with Crippen LogP contribution in [-0.2, 0) is 13.9 Å². The fourth-order valence-electron chi connectivity index (χ4n) is 0.360. The summed E-state index contributed by atoms with van der Waals surface area (Å²) in [5.41, 5.74) is 4.99. The van der Waals surface area contributed by atoms with E-state index in [1.54, 1.807) is 0 Å². The van der Waals surface area contributed by atoms with Crippen LogP contribution in [-0.4, -0.2) is 23.1 Å². The Labute approximate surface area is 66.0 Å². The van der Waals surface area contributed by atoms with Crippen LogP contribution in [0.1, 0.15) is 6.42 Å². The van der Waals surface area contributed by atoms with Crippen LogP contribution < -0.4 is 10.4 Å². The first-order chi connectivity index (χ1) is 5.07. The monoisotopic (exact) mass is 183 g/mol. The first-order valence-corrected chi connectivity index (χ1v) is 3.15. The number of carboxylic acid groups (broad SMARTS) is 1. The molecular weight excluding hydrogens is 177 g/mol.